The predicted octanol–water partition coefficient (Wildman–Crippen LogP) is 0.730. The van der Waals surface area contributed by atoms with Crippen LogP contribution in [0.4, 0.5) is 0 Å². The second-order valence-corrected chi connectivity index (χ2v) is 9.09. The molecular weight excluding hydrogens is 462 g/mol. The first-order valence-electron chi connectivity index (χ1n) is 12.0. The van der Waals surface area contributed by atoms with Crippen LogP contribution in [0.1, 0.15) is 31.4 Å². The lowest BCUT2D eigenvalue weighted by molar-refractivity contribution is -0.132. The first-order chi connectivity index (χ1) is 17.5. The molecule has 1 aliphatic carbocycles. The van der Waals surface area contributed by atoms with E-state index in [2.05, 4.69) is 15.1 Å². The Bertz CT molecular complexity index is 1620. The standard InChI is InChI=1S/C25H25N7O4/c33-22(31-8-1-2-9-31)14-36-18-5-3-4-15(10-18)19-12-21(27-17-6-7-17)32-23(28-19)16(13-26-32)11-20-24(34)30-25(35)29-20/h3-5,10-13,17,34H,1-2,6-9,14H2,(H2,29,30,35). The molecule has 2 fully saturated rings. The Labute approximate surface area is 204 Å². The van der Waals surface area contributed by atoms with Crippen molar-refractivity contribution in [1.82, 2.24) is 29.5 Å². The van der Waals surface area contributed by atoms with Gasteiger partial charge in [0, 0.05) is 29.9 Å². The number of aromatic nitrogens is 5. The van der Waals surface area contributed by atoms with Crippen LogP contribution in [-0.2, 0) is 4.79 Å². The van der Waals surface area contributed by atoms with Gasteiger partial charge in [0.15, 0.2) is 17.7 Å². The zero-order valence-corrected chi connectivity index (χ0v) is 19.5. The lowest BCUT2D eigenvalue weighted by Crippen LogP contribution is -2.32. The zero-order valence-electron chi connectivity index (χ0n) is 19.5. The van der Waals surface area contributed by atoms with Crippen molar-refractivity contribution < 1.29 is 14.6 Å². The lowest BCUT2D eigenvalue weighted by atomic mass is 10.1. The number of ether oxygens (including phenoxy) is 1. The van der Waals surface area contributed by atoms with Crippen molar-refractivity contribution in [1.29, 1.82) is 0 Å². The molecule has 4 heterocycles. The van der Waals surface area contributed by atoms with Crippen LogP contribution in [0, 0.1) is 0 Å². The van der Waals surface area contributed by atoms with Gasteiger partial charge in [0.25, 0.3) is 5.91 Å². The minimum atomic E-state index is -0.506. The fourth-order valence-electron chi connectivity index (χ4n) is 4.29. The van der Waals surface area contributed by atoms with Gasteiger partial charge in [-0.25, -0.2) is 9.78 Å². The summed E-state index contributed by atoms with van der Waals surface area (Å²) in [5, 5.41) is 15.0. The highest BCUT2D eigenvalue weighted by molar-refractivity contribution is 5.78. The second kappa shape index (κ2) is 8.99. The van der Waals surface area contributed by atoms with Gasteiger partial charge < -0.3 is 19.7 Å². The maximum Gasteiger partial charge on any atom is 0.326 e. The van der Waals surface area contributed by atoms with Crippen molar-refractivity contribution in [2.45, 2.75) is 31.7 Å². The van der Waals surface area contributed by atoms with E-state index in [1.54, 1.807) is 16.8 Å². The van der Waals surface area contributed by atoms with E-state index >= 15 is 0 Å². The number of H-pyrrole nitrogens is 2. The fourth-order valence-corrected chi connectivity index (χ4v) is 4.29. The molecule has 36 heavy (non-hydrogen) atoms. The van der Waals surface area contributed by atoms with E-state index in [9.17, 15) is 14.7 Å². The van der Waals surface area contributed by atoms with Gasteiger partial charge in [0.2, 0.25) is 5.88 Å². The van der Waals surface area contributed by atoms with Crippen molar-refractivity contribution >= 4 is 17.6 Å². The SMILES string of the molecule is O=C(COc1cccc(-c2cc(=NC3CC3)n3ncc(=Cc4[nH]c(=O)[nH]c4O)c3n2)c1)N1CCCC1. The molecule has 0 atom stereocenters. The summed E-state index contributed by atoms with van der Waals surface area (Å²) < 4.78 is 7.46. The number of aromatic hydroxyl groups is 1. The van der Waals surface area contributed by atoms with Crippen LogP contribution < -0.4 is 21.1 Å². The van der Waals surface area contributed by atoms with E-state index in [0.717, 1.165) is 44.3 Å². The van der Waals surface area contributed by atoms with Crippen LogP contribution in [0.5, 0.6) is 11.6 Å². The van der Waals surface area contributed by atoms with E-state index in [4.69, 9.17) is 14.7 Å². The summed E-state index contributed by atoms with van der Waals surface area (Å²) in [4.78, 5) is 40.2. The Balaban J connectivity index is 1.38. The molecule has 0 spiro atoms. The topological polar surface area (TPSA) is 141 Å². The smallest absolute Gasteiger partial charge is 0.326 e. The Morgan fingerprint density at radius 2 is 2.06 bits per heavy atom. The summed E-state index contributed by atoms with van der Waals surface area (Å²) in [5.74, 6) is 0.317. The number of likely N-dealkylation sites (tertiary alicyclic amines) is 1. The Morgan fingerprint density at radius 1 is 1.22 bits per heavy atom. The summed E-state index contributed by atoms with van der Waals surface area (Å²) in [6, 6.07) is 9.59. The van der Waals surface area contributed by atoms with Crippen LogP contribution in [0.2, 0.25) is 0 Å². The highest BCUT2D eigenvalue weighted by atomic mass is 16.5. The van der Waals surface area contributed by atoms with Crippen molar-refractivity contribution in [2.75, 3.05) is 19.7 Å². The average Bonchev–Trinajstić information content (AvgIpc) is 3.23. The molecule has 1 amide bonds. The van der Waals surface area contributed by atoms with Crippen LogP contribution in [0.15, 0.2) is 46.3 Å². The van der Waals surface area contributed by atoms with Crippen LogP contribution in [-0.4, -0.2) is 66.2 Å². The first-order valence-corrected chi connectivity index (χ1v) is 12.0. The van der Waals surface area contributed by atoms with Crippen molar-refractivity contribution in [3.05, 3.63) is 63.4 Å². The van der Waals surface area contributed by atoms with Gasteiger partial charge in [0.1, 0.15) is 11.4 Å². The largest absolute Gasteiger partial charge is 0.493 e. The van der Waals surface area contributed by atoms with Gasteiger partial charge in [-0.2, -0.15) is 9.61 Å². The number of nitrogens with zero attached hydrogens (tertiary/aromatic N) is 5. The number of carbonyl (C=O) groups is 1. The molecule has 4 aromatic rings. The number of rotatable bonds is 6. The molecule has 0 bridgehead atoms. The molecule has 1 saturated carbocycles. The van der Waals surface area contributed by atoms with Gasteiger partial charge >= 0.3 is 5.69 Å². The van der Waals surface area contributed by atoms with Crippen LogP contribution in [0.3, 0.4) is 0 Å². The monoisotopic (exact) mass is 487 g/mol. The molecule has 0 radical (unpaired) electrons. The molecule has 3 aromatic heterocycles. The Morgan fingerprint density at radius 3 is 2.81 bits per heavy atom. The summed E-state index contributed by atoms with van der Waals surface area (Å²) in [7, 11) is 0. The molecule has 6 rings (SSSR count). The van der Waals surface area contributed by atoms with E-state index in [1.165, 1.54) is 0 Å². The van der Waals surface area contributed by atoms with Crippen molar-refractivity contribution in [3.63, 3.8) is 0 Å². The van der Waals surface area contributed by atoms with E-state index in [0.29, 0.717) is 27.8 Å². The highest BCUT2D eigenvalue weighted by Crippen LogP contribution is 2.24. The fraction of sp³-hybridized carbons (Fsp3) is 0.320. The molecule has 184 valence electrons. The molecule has 3 N–H and O–H groups in total. The predicted molar refractivity (Wildman–Crippen MR) is 130 cm³/mol. The Hall–Kier alpha value is -4.41. The number of hydrogen-bond acceptors (Lipinski definition) is 7. The molecule has 1 saturated heterocycles. The van der Waals surface area contributed by atoms with Gasteiger partial charge in [-0.1, -0.05) is 12.1 Å². The number of hydrogen-bond donors (Lipinski definition) is 3. The van der Waals surface area contributed by atoms with E-state index in [-0.39, 0.29) is 30.1 Å². The number of carbonyl (C=O) groups excluding carboxylic acids is 1. The number of amides is 1. The average molecular weight is 488 g/mol. The summed E-state index contributed by atoms with van der Waals surface area (Å²) in [6.07, 6.45) is 7.37. The maximum atomic E-state index is 12.4. The number of imidazole rings is 1. The van der Waals surface area contributed by atoms with Gasteiger partial charge in [0.05, 0.1) is 17.9 Å². The summed E-state index contributed by atoms with van der Waals surface area (Å²) in [5.41, 5.74) is 2.40. The van der Waals surface area contributed by atoms with Gasteiger partial charge in [-0.15, -0.1) is 0 Å². The van der Waals surface area contributed by atoms with E-state index in [1.807, 2.05) is 35.2 Å². The Kier molecular flexibility index (Phi) is 5.51. The minimum absolute atomic E-state index is 0.00172. The van der Waals surface area contributed by atoms with Crippen molar-refractivity contribution in [3.8, 4) is 22.9 Å². The zero-order chi connectivity index (χ0) is 24.6. The number of aromatic amines is 2. The molecular formula is C25H25N7O4. The number of fused-ring (bicyclic) bond motifs is 1. The number of nitrogens with one attached hydrogen (secondary N) is 2. The van der Waals surface area contributed by atoms with Gasteiger partial charge in [-0.3, -0.25) is 14.8 Å². The molecule has 1 aliphatic heterocycles. The maximum absolute atomic E-state index is 12.4. The lowest BCUT2D eigenvalue weighted by Gasteiger charge is -2.15. The molecule has 0 unspecified atom stereocenters. The minimum Gasteiger partial charge on any atom is -0.493 e. The van der Waals surface area contributed by atoms with Crippen LogP contribution >= 0.6 is 0 Å². The third-order valence-corrected chi connectivity index (χ3v) is 6.33. The van der Waals surface area contributed by atoms with E-state index < -0.39 is 5.69 Å². The molecule has 11 nitrogen and oxygen atoms in total. The second-order valence-electron chi connectivity index (χ2n) is 9.09. The molecule has 1 aromatic carbocycles. The van der Waals surface area contributed by atoms with Crippen LogP contribution in [0.25, 0.3) is 23.0 Å². The molecule has 11 heteroatoms. The summed E-state index contributed by atoms with van der Waals surface area (Å²) in [6.45, 7) is 1.58. The first kappa shape index (κ1) is 22.1. The van der Waals surface area contributed by atoms with Crippen molar-refractivity contribution in [2.24, 2.45) is 4.99 Å². The quantitative estimate of drug-likeness (QED) is 0.366. The highest BCUT2D eigenvalue weighted by Gasteiger charge is 2.21. The third kappa shape index (κ3) is 4.47. The number of benzene rings is 1. The molecule has 2 aliphatic rings. The normalized spacial score (nSPS) is 16.8. The summed E-state index contributed by atoms with van der Waals surface area (Å²) >= 11 is 0. The van der Waals surface area contributed by atoms with Gasteiger partial charge in [-0.05, 0) is 43.9 Å². The third-order valence-electron chi connectivity index (χ3n) is 6.33.